The van der Waals surface area contributed by atoms with Gasteiger partial charge in [-0.2, -0.15) is 5.10 Å². The van der Waals surface area contributed by atoms with E-state index in [1.165, 1.54) is 6.42 Å². The van der Waals surface area contributed by atoms with Crippen LogP contribution in [0.15, 0.2) is 12.4 Å². The first-order valence-electron chi connectivity index (χ1n) is 6.10. The average Bonchev–Trinajstić information content (AvgIpc) is 2.79. The lowest BCUT2D eigenvalue weighted by molar-refractivity contribution is 0.00395. The fraction of sp³-hybridized carbons (Fsp3) is 0.667. The Kier molecular flexibility index (Phi) is 4.14. The highest BCUT2D eigenvalue weighted by atomic mass is 16.5. The number of ether oxygens (including phenoxy) is 2. The zero-order valence-electron chi connectivity index (χ0n) is 10.1. The lowest BCUT2D eigenvalue weighted by atomic mass is 10.1. The van der Waals surface area contributed by atoms with Crippen LogP contribution in [0, 0.1) is 0 Å². The number of carbonyl (C=O) groups excluding carboxylic acids is 1. The molecule has 0 aromatic carbocycles. The summed E-state index contributed by atoms with van der Waals surface area (Å²) in [5.41, 5.74) is 0.502. The van der Waals surface area contributed by atoms with Crippen LogP contribution >= 0.6 is 0 Å². The van der Waals surface area contributed by atoms with Crippen LogP contribution in [0.2, 0.25) is 0 Å². The summed E-state index contributed by atoms with van der Waals surface area (Å²) in [5.74, 6) is -0.316. The number of esters is 1. The van der Waals surface area contributed by atoms with E-state index in [2.05, 4.69) is 5.10 Å². The normalized spacial score (nSPS) is 20.2. The minimum Gasteiger partial charge on any atom is -0.462 e. The monoisotopic (exact) mass is 238 g/mol. The fourth-order valence-corrected chi connectivity index (χ4v) is 1.94. The predicted octanol–water partition coefficient (Wildman–Crippen LogP) is 1.63. The van der Waals surface area contributed by atoms with Gasteiger partial charge < -0.3 is 9.47 Å². The fourth-order valence-electron chi connectivity index (χ4n) is 1.94. The molecule has 1 fully saturated rings. The van der Waals surface area contributed by atoms with E-state index in [-0.39, 0.29) is 12.1 Å². The highest BCUT2D eigenvalue weighted by molar-refractivity contribution is 5.88. The van der Waals surface area contributed by atoms with Crippen LogP contribution in [-0.4, -0.2) is 35.1 Å². The molecule has 94 valence electrons. The number of nitrogens with zero attached hydrogens (tertiary/aromatic N) is 2. The average molecular weight is 238 g/mol. The first kappa shape index (κ1) is 12.1. The molecule has 2 rings (SSSR count). The van der Waals surface area contributed by atoms with E-state index in [0.29, 0.717) is 18.7 Å². The number of hydrogen-bond acceptors (Lipinski definition) is 4. The highest BCUT2D eigenvalue weighted by Gasteiger charge is 2.16. The lowest BCUT2D eigenvalue weighted by Gasteiger charge is -2.22. The Balaban J connectivity index is 1.91. The molecule has 1 atom stereocenters. The van der Waals surface area contributed by atoms with E-state index < -0.39 is 0 Å². The van der Waals surface area contributed by atoms with Gasteiger partial charge >= 0.3 is 5.97 Å². The maximum Gasteiger partial charge on any atom is 0.341 e. The molecule has 0 spiro atoms. The van der Waals surface area contributed by atoms with Gasteiger partial charge in [-0.25, -0.2) is 4.79 Å². The van der Waals surface area contributed by atoms with Crippen LogP contribution in [0.5, 0.6) is 0 Å². The van der Waals surface area contributed by atoms with E-state index in [1.54, 1.807) is 24.0 Å². The zero-order valence-corrected chi connectivity index (χ0v) is 10.1. The van der Waals surface area contributed by atoms with Crippen LogP contribution in [-0.2, 0) is 16.0 Å². The van der Waals surface area contributed by atoms with Gasteiger partial charge in [0.25, 0.3) is 0 Å². The van der Waals surface area contributed by atoms with Crippen molar-refractivity contribution >= 4 is 5.97 Å². The first-order chi connectivity index (χ1) is 8.29. The number of rotatable bonds is 4. The van der Waals surface area contributed by atoms with Gasteiger partial charge in [0, 0.05) is 12.8 Å². The molecule has 0 saturated carbocycles. The largest absolute Gasteiger partial charge is 0.462 e. The third kappa shape index (κ3) is 3.30. The van der Waals surface area contributed by atoms with Crippen molar-refractivity contribution in [3.05, 3.63) is 18.0 Å². The van der Waals surface area contributed by atoms with Crippen molar-refractivity contribution in [2.24, 2.45) is 0 Å². The van der Waals surface area contributed by atoms with Crippen molar-refractivity contribution in [1.82, 2.24) is 9.78 Å². The van der Waals surface area contributed by atoms with Gasteiger partial charge in [-0.05, 0) is 26.2 Å². The summed E-state index contributed by atoms with van der Waals surface area (Å²) in [5, 5.41) is 4.15. The molecule has 2 heterocycles. The molecular weight excluding hydrogens is 220 g/mol. The molecule has 5 nitrogen and oxygen atoms in total. The highest BCUT2D eigenvalue weighted by Crippen LogP contribution is 2.14. The van der Waals surface area contributed by atoms with Crippen molar-refractivity contribution in [2.75, 3.05) is 13.2 Å². The summed E-state index contributed by atoms with van der Waals surface area (Å²) in [7, 11) is 0. The standard InChI is InChI=1S/C12H18N2O3/c1-2-16-12(15)10-7-13-14(8-10)9-11-5-3-4-6-17-11/h7-8,11H,2-6,9H2,1H3. The molecule has 1 aliphatic rings. The summed E-state index contributed by atoms with van der Waals surface area (Å²) in [6, 6.07) is 0. The third-order valence-corrected chi connectivity index (χ3v) is 2.81. The summed E-state index contributed by atoms with van der Waals surface area (Å²) in [4.78, 5) is 11.4. The summed E-state index contributed by atoms with van der Waals surface area (Å²) < 4.78 is 12.3. The van der Waals surface area contributed by atoms with Crippen LogP contribution in [0.3, 0.4) is 0 Å². The van der Waals surface area contributed by atoms with E-state index >= 15 is 0 Å². The Morgan fingerprint density at radius 1 is 1.65 bits per heavy atom. The Labute approximate surface area is 101 Å². The van der Waals surface area contributed by atoms with Crippen LogP contribution in [0.25, 0.3) is 0 Å². The molecule has 0 aliphatic carbocycles. The number of hydrogen-bond donors (Lipinski definition) is 0. The summed E-state index contributed by atoms with van der Waals surface area (Å²) in [6.07, 6.45) is 6.89. The minimum absolute atomic E-state index is 0.221. The maximum absolute atomic E-state index is 11.4. The predicted molar refractivity (Wildman–Crippen MR) is 61.8 cm³/mol. The SMILES string of the molecule is CCOC(=O)c1cnn(CC2CCCCO2)c1. The molecule has 1 aliphatic heterocycles. The van der Waals surface area contributed by atoms with E-state index in [9.17, 15) is 4.79 Å². The molecule has 17 heavy (non-hydrogen) atoms. The summed E-state index contributed by atoms with van der Waals surface area (Å²) >= 11 is 0. The van der Waals surface area contributed by atoms with Crippen LogP contribution in [0.1, 0.15) is 36.5 Å². The van der Waals surface area contributed by atoms with Gasteiger partial charge in [-0.1, -0.05) is 0 Å². The third-order valence-electron chi connectivity index (χ3n) is 2.81. The second-order valence-corrected chi connectivity index (χ2v) is 4.16. The Morgan fingerprint density at radius 3 is 3.24 bits per heavy atom. The second kappa shape index (κ2) is 5.82. The first-order valence-corrected chi connectivity index (χ1v) is 6.10. The van der Waals surface area contributed by atoms with Crippen molar-refractivity contribution in [1.29, 1.82) is 0 Å². The quantitative estimate of drug-likeness (QED) is 0.748. The van der Waals surface area contributed by atoms with Crippen molar-refractivity contribution in [3.8, 4) is 0 Å². The molecule has 1 saturated heterocycles. The number of carbonyl (C=O) groups is 1. The molecule has 0 bridgehead atoms. The van der Waals surface area contributed by atoms with E-state index in [0.717, 1.165) is 19.4 Å². The van der Waals surface area contributed by atoms with Gasteiger partial charge in [0.15, 0.2) is 0 Å². The topological polar surface area (TPSA) is 53.3 Å². The van der Waals surface area contributed by atoms with Crippen molar-refractivity contribution < 1.29 is 14.3 Å². The smallest absolute Gasteiger partial charge is 0.341 e. The van der Waals surface area contributed by atoms with Gasteiger partial charge in [-0.15, -0.1) is 0 Å². The van der Waals surface area contributed by atoms with E-state index in [4.69, 9.17) is 9.47 Å². The van der Waals surface area contributed by atoms with Crippen LogP contribution in [0.4, 0.5) is 0 Å². The zero-order chi connectivity index (χ0) is 12.1. The van der Waals surface area contributed by atoms with Crippen molar-refractivity contribution in [3.63, 3.8) is 0 Å². The van der Waals surface area contributed by atoms with E-state index in [1.807, 2.05) is 0 Å². The molecule has 0 radical (unpaired) electrons. The van der Waals surface area contributed by atoms with Gasteiger partial charge in [0.05, 0.1) is 31.0 Å². The summed E-state index contributed by atoms with van der Waals surface area (Å²) in [6.45, 7) is 3.71. The second-order valence-electron chi connectivity index (χ2n) is 4.16. The Morgan fingerprint density at radius 2 is 2.53 bits per heavy atom. The van der Waals surface area contributed by atoms with Crippen LogP contribution < -0.4 is 0 Å². The molecule has 1 aromatic rings. The Bertz CT molecular complexity index is 370. The molecule has 0 amide bonds. The van der Waals surface area contributed by atoms with Gasteiger partial charge in [0.2, 0.25) is 0 Å². The van der Waals surface area contributed by atoms with Crippen molar-refractivity contribution in [2.45, 2.75) is 38.8 Å². The minimum atomic E-state index is -0.316. The van der Waals surface area contributed by atoms with Gasteiger partial charge in [0.1, 0.15) is 0 Å². The molecule has 1 aromatic heterocycles. The lowest BCUT2D eigenvalue weighted by Crippen LogP contribution is -2.24. The Hall–Kier alpha value is -1.36. The molecular formula is C12H18N2O3. The maximum atomic E-state index is 11.4. The number of aromatic nitrogens is 2. The van der Waals surface area contributed by atoms with Gasteiger partial charge in [-0.3, -0.25) is 4.68 Å². The molecule has 5 heteroatoms. The molecule has 0 N–H and O–H groups in total. The molecule has 1 unspecified atom stereocenters.